The second kappa shape index (κ2) is 6.93. The maximum atomic E-state index is 12.1. The molecule has 3 heteroatoms. The van der Waals surface area contributed by atoms with Gasteiger partial charge in [0.15, 0.2) is 0 Å². The predicted molar refractivity (Wildman–Crippen MR) is 76.4 cm³/mol. The smallest absolute Gasteiger partial charge is 0.246 e. The molecular weight excluding hydrogens is 224 g/mol. The van der Waals surface area contributed by atoms with Crippen molar-refractivity contribution in [2.24, 2.45) is 11.8 Å². The first-order chi connectivity index (χ1) is 8.43. The fourth-order valence-corrected chi connectivity index (χ4v) is 3.06. The summed E-state index contributed by atoms with van der Waals surface area (Å²) in [6.45, 7) is 5.36. The highest BCUT2D eigenvalue weighted by atomic mass is 16.2. The van der Waals surface area contributed by atoms with E-state index in [1.165, 1.54) is 19.3 Å². The fraction of sp³-hybridized carbons (Fsp3) is 0.800. The van der Waals surface area contributed by atoms with Gasteiger partial charge in [0.1, 0.15) is 0 Å². The van der Waals surface area contributed by atoms with Crippen LogP contribution in [0.4, 0.5) is 0 Å². The van der Waals surface area contributed by atoms with Gasteiger partial charge in [-0.2, -0.15) is 0 Å². The fourth-order valence-electron chi connectivity index (χ4n) is 3.06. The van der Waals surface area contributed by atoms with Crippen LogP contribution < -0.4 is 0 Å². The molecule has 1 aliphatic carbocycles. The van der Waals surface area contributed by atoms with E-state index in [4.69, 9.17) is 0 Å². The maximum absolute atomic E-state index is 12.1. The maximum Gasteiger partial charge on any atom is 0.246 e. The first-order valence-electron chi connectivity index (χ1n) is 7.01. The Morgan fingerprint density at radius 1 is 1.17 bits per heavy atom. The highest BCUT2D eigenvalue weighted by Gasteiger charge is 2.32. The van der Waals surface area contributed by atoms with Gasteiger partial charge in [-0.3, -0.25) is 4.79 Å². The molecule has 18 heavy (non-hydrogen) atoms. The lowest BCUT2D eigenvalue weighted by atomic mass is 9.78. The standard InChI is InChI=1S/C15H28N2O/c1-12-8-6-9-13(2)15(12)17(5)14(18)10-7-11-16(3)4/h7,10,12-13,15H,6,8-9,11H2,1-5H3/b10-7+. The average Bonchev–Trinajstić information content (AvgIpc) is 2.27. The van der Waals surface area contributed by atoms with E-state index in [1.807, 2.05) is 32.1 Å². The Balaban J connectivity index is 2.58. The Hall–Kier alpha value is -0.830. The van der Waals surface area contributed by atoms with E-state index in [2.05, 4.69) is 18.7 Å². The second-order valence-electron chi connectivity index (χ2n) is 5.99. The van der Waals surface area contributed by atoms with Crippen molar-refractivity contribution in [3.05, 3.63) is 12.2 Å². The van der Waals surface area contributed by atoms with Crippen molar-refractivity contribution in [1.82, 2.24) is 9.80 Å². The van der Waals surface area contributed by atoms with E-state index in [-0.39, 0.29) is 5.91 Å². The molecule has 3 nitrogen and oxygen atoms in total. The summed E-state index contributed by atoms with van der Waals surface area (Å²) < 4.78 is 0. The summed E-state index contributed by atoms with van der Waals surface area (Å²) in [7, 11) is 5.96. The Kier molecular flexibility index (Phi) is 5.86. The molecule has 1 rings (SSSR count). The van der Waals surface area contributed by atoms with E-state index in [1.54, 1.807) is 6.08 Å². The molecule has 0 aromatic carbocycles. The molecule has 0 aromatic rings. The van der Waals surface area contributed by atoms with Crippen LogP contribution in [0.3, 0.4) is 0 Å². The summed E-state index contributed by atoms with van der Waals surface area (Å²) in [4.78, 5) is 16.1. The lowest BCUT2D eigenvalue weighted by Gasteiger charge is -2.40. The molecule has 1 aliphatic rings. The van der Waals surface area contributed by atoms with Crippen molar-refractivity contribution in [2.45, 2.75) is 39.2 Å². The van der Waals surface area contributed by atoms with Gasteiger partial charge >= 0.3 is 0 Å². The summed E-state index contributed by atoms with van der Waals surface area (Å²) in [5.41, 5.74) is 0. The normalized spacial score (nSPS) is 28.9. The van der Waals surface area contributed by atoms with Gasteiger partial charge in [-0.05, 0) is 38.8 Å². The van der Waals surface area contributed by atoms with Crippen LogP contribution in [-0.2, 0) is 4.79 Å². The Bertz CT molecular complexity index is 289. The van der Waals surface area contributed by atoms with Gasteiger partial charge in [0.05, 0.1) is 0 Å². The van der Waals surface area contributed by atoms with E-state index >= 15 is 0 Å². The largest absolute Gasteiger partial charge is 0.339 e. The van der Waals surface area contributed by atoms with Gasteiger partial charge in [0.25, 0.3) is 0 Å². The van der Waals surface area contributed by atoms with Crippen molar-refractivity contribution in [2.75, 3.05) is 27.7 Å². The highest BCUT2D eigenvalue weighted by Crippen LogP contribution is 2.32. The van der Waals surface area contributed by atoms with Gasteiger partial charge in [0, 0.05) is 25.7 Å². The molecule has 0 radical (unpaired) electrons. The Labute approximate surface area is 112 Å². The zero-order valence-electron chi connectivity index (χ0n) is 12.5. The number of hydrogen-bond donors (Lipinski definition) is 0. The van der Waals surface area contributed by atoms with Crippen LogP contribution in [0.1, 0.15) is 33.1 Å². The van der Waals surface area contributed by atoms with Crippen molar-refractivity contribution < 1.29 is 4.79 Å². The van der Waals surface area contributed by atoms with Gasteiger partial charge in [0.2, 0.25) is 5.91 Å². The van der Waals surface area contributed by atoms with Crippen LogP contribution in [0.5, 0.6) is 0 Å². The lowest BCUT2D eigenvalue weighted by Crippen LogP contribution is -2.46. The number of hydrogen-bond acceptors (Lipinski definition) is 2. The molecule has 1 saturated carbocycles. The van der Waals surface area contributed by atoms with Crippen molar-refractivity contribution in [1.29, 1.82) is 0 Å². The van der Waals surface area contributed by atoms with Gasteiger partial charge in [-0.25, -0.2) is 0 Å². The van der Waals surface area contributed by atoms with Crippen LogP contribution in [0, 0.1) is 11.8 Å². The Morgan fingerprint density at radius 3 is 2.22 bits per heavy atom. The molecule has 0 saturated heterocycles. The van der Waals surface area contributed by atoms with Gasteiger partial charge < -0.3 is 9.80 Å². The minimum absolute atomic E-state index is 0.141. The third-order valence-corrected chi connectivity index (χ3v) is 4.01. The predicted octanol–water partition coefficient (Wildman–Crippen LogP) is 2.39. The summed E-state index contributed by atoms with van der Waals surface area (Å²) in [6, 6.07) is 0.398. The molecule has 0 aromatic heterocycles. The SMILES string of the molecule is CC1CCCC(C)C1N(C)C(=O)/C=C/CN(C)C. The van der Waals surface area contributed by atoms with Crippen LogP contribution in [0.25, 0.3) is 0 Å². The molecule has 0 aliphatic heterocycles. The van der Waals surface area contributed by atoms with E-state index in [0.29, 0.717) is 17.9 Å². The second-order valence-corrected chi connectivity index (χ2v) is 5.99. The van der Waals surface area contributed by atoms with Crippen LogP contribution in [-0.4, -0.2) is 49.4 Å². The molecule has 0 bridgehead atoms. The summed E-state index contributed by atoms with van der Waals surface area (Å²) >= 11 is 0. The monoisotopic (exact) mass is 252 g/mol. The van der Waals surface area contributed by atoms with Crippen LogP contribution in [0.15, 0.2) is 12.2 Å². The summed E-state index contributed by atoms with van der Waals surface area (Å²) in [5, 5.41) is 0. The van der Waals surface area contributed by atoms with Crippen molar-refractivity contribution in [3.8, 4) is 0 Å². The van der Waals surface area contributed by atoms with Crippen molar-refractivity contribution in [3.63, 3.8) is 0 Å². The number of nitrogens with zero attached hydrogens (tertiary/aromatic N) is 2. The molecule has 2 atom stereocenters. The Morgan fingerprint density at radius 2 is 1.72 bits per heavy atom. The molecule has 2 unspecified atom stereocenters. The first-order valence-corrected chi connectivity index (χ1v) is 7.01. The molecule has 104 valence electrons. The van der Waals surface area contributed by atoms with Crippen LogP contribution >= 0.6 is 0 Å². The minimum Gasteiger partial charge on any atom is -0.339 e. The number of carbonyl (C=O) groups is 1. The van der Waals surface area contributed by atoms with Crippen molar-refractivity contribution >= 4 is 5.91 Å². The zero-order chi connectivity index (χ0) is 13.7. The molecular formula is C15H28N2O. The number of rotatable bonds is 4. The molecule has 0 heterocycles. The van der Waals surface area contributed by atoms with E-state index in [9.17, 15) is 4.79 Å². The molecule has 1 amide bonds. The third-order valence-electron chi connectivity index (χ3n) is 4.01. The van der Waals surface area contributed by atoms with E-state index in [0.717, 1.165) is 6.54 Å². The molecule has 0 N–H and O–H groups in total. The number of carbonyl (C=O) groups excluding carboxylic acids is 1. The summed E-state index contributed by atoms with van der Waals surface area (Å²) in [6.07, 6.45) is 7.45. The van der Waals surface area contributed by atoms with E-state index < -0.39 is 0 Å². The van der Waals surface area contributed by atoms with Gasteiger partial charge in [-0.15, -0.1) is 0 Å². The lowest BCUT2D eigenvalue weighted by molar-refractivity contribution is -0.129. The third kappa shape index (κ3) is 4.13. The molecule has 1 fully saturated rings. The van der Waals surface area contributed by atoms with Gasteiger partial charge in [-0.1, -0.05) is 26.3 Å². The zero-order valence-corrected chi connectivity index (χ0v) is 12.5. The number of likely N-dealkylation sites (N-methyl/N-ethyl adjacent to an activating group) is 2. The highest BCUT2D eigenvalue weighted by molar-refractivity contribution is 5.87. The first kappa shape index (κ1) is 15.2. The summed E-state index contributed by atoms with van der Waals surface area (Å²) in [5.74, 6) is 1.37. The topological polar surface area (TPSA) is 23.6 Å². The van der Waals surface area contributed by atoms with Crippen LogP contribution in [0.2, 0.25) is 0 Å². The quantitative estimate of drug-likeness (QED) is 0.717. The minimum atomic E-state index is 0.141. The number of amides is 1. The molecule has 0 spiro atoms. The average molecular weight is 252 g/mol.